The number of nitrogens with zero attached hydrogens (tertiary/aromatic N) is 2. The molecule has 0 amide bonds. The van der Waals surface area contributed by atoms with Crippen molar-refractivity contribution in [3.63, 3.8) is 0 Å². The van der Waals surface area contributed by atoms with E-state index in [0.29, 0.717) is 5.92 Å². The van der Waals surface area contributed by atoms with Gasteiger partial charge in [0.2, 0.25) is 5.89 Å². The Hall–Kier alpha value is -0.860. The summed E-state index contributed by atoms with van der Waals surface area (Å²) in [6, 6.07) is 0. The molecule has 0 saturated heterocycles. The lowest BCUT2D eigenvalue weighted by Gasteiger charge is -2.17. The molecule has 3 nitrogen and oxygen atoms in total. The largest absolute Gasteiger partial charge is 0.339 e. The van der Waals surface area contributed by atoms with Crippen LogP contribution in [0.3, 0.4) is 0 Å². The molecule has 1 aromatic rings. The van der Waals surface area contributed by atoms with Gasteiger partial charge in [-0.15, -0.1) is 0 Å². The van der Waals surface area contributed by atoms with Gasteiger partial charge in [-0.1, -0.05) is 31.3 Å². The van der Waals surface area contributed by atoms with Gasteiger partial charge in [0.1, 0.15) is 0 Å². The molecule has 1 aromatic heterocycles. The van der Waals surface area contributed by atoms with Crippen LogP contribution in [-0.2, 0) is 6.42 Å². The monoisotopic (exact) mass is 180 g/mol. The van der Waals surface area contributed by atoms with E-state index in [1.807, 2.05) is 6.92 Å². The Morgan fingerprint density at radius 3 is 2.69 bits per heavy atom. The summed E-state index contributed by atoms with van der Waals surface area (Å²) < 4.78 is 5.11. The Balaban J connectivity index is 2.05. The smallest absolute Gasteiger partial charge is 0.226 e. The SMILES string of the molecule is CCc1nc(C2CCCCC2)no1. The molecule has 1 saturated carbocycles. The molecule has 0 radical (unpaired) electrons. The third-order valence-electron chi connectivity index (χ3n) is 2.76. The maximum absolute atomic E-state index is 5.11. The Kier molecular flexibility index (Phi) is 2.62. The molecule has 72 valence electrons. The van der Waals surface area contributed by atoms with Gasteiger partial charge in [-0.3, -0.25) is 0 Å². The first-order valence-electron chi connectivity index (χ1n) is 5.22. The quantitative estimate of drug-likeness (QED) is 0.702. The molecule has 2 rings (SSSR count). The maximum atomic E-state index is 5.11. The second-order valence-electron chi connectivity index (χ2n) is 3.73. The van der Waals surface area contributed by atoms with Gasteiger partial charge < -0.3 is 4.52 Å². The van der Waals surface area contributed by atoms with Crippen molar-refractivity contribution in [1.82, 2.24) is 10.1 Å². The molecule has 13 heavy (non-hydrogen) atoms. The van der Waals surface area contributed by atoms with Crippen molar-refractivity contribution in [2.24, 2.45) is 0 Å². The zero-order valence-electron chi connectivity index (χ0n) is 8.12. The molecule has 1 fully saturated rings. The van der Waals surface area contributed by atoms with E-state index >= 15 is 0 Å². The average molecular weight is 180 g/mol. The van der Waals surface area contributed by atoms with Crippen molar-refractivity contribution in [3.05, 3.63) is 11.7 Å². The summed E-state index contributed by atoms with van der Waals surface area (Å²) in [5, 5.41) is 4.02. The minimum atomic E-state index is 0.567. The predicted octanol–water partition coefficient (Wildman–Crippen LogP) is 2.68. The zero-order valence-corrected chi connectivity index (χ0v) is 8.12. The lowest BCUT2D eigenvalue weighted by atomic mass is 9.89. The van der Waals surface area contributed by atoms with E-state index < -0.39 is 0 Å². The summed E-state index contributed by atoms with van der Waals surface area (Å²) in [6.45, 7) is 2.04. The summed E-state index contributed by atoms with van der Waals surface area (Å²) >= 11 is 0. The van der Waals surface area contributed by atoms with Gasteiger partial charge in [0.15, 0.2) is 5.82 Å². The number of hydrogen-bond acceptors (Lipinski definition) is 3. The van der Waals surface area contributed by atoms with Crippen molar-refractivity contribution in [2.75, 3.05) is 0 Å². The van der Waals surface area contributed by atoms with Gasteiger partial charge in [0.25, 0.3) is 0 Å². The van der Waals surface area contributed by atoms with Crippen LogP contribution in [0, 0.1) is 0 Å². The first kappa shape index (κ1) is 8.73. The minimum absolute atomic E-state index is 0.567. The first-order chi connectivity index (χ1) is 6.40. The van der Waals surface area contributed by atoms with E-state index in [4.69, 9.17) is 4.52 Å². The van der Waals surface area contributed by atoms with E-state index in [0.717, 1.165) is 18.1 Å². The summed E-state index contributed by atoms with van der Waals surface area (Å²) in [5.74, 6) is 2.29. The normalized spacial score (nSPS) is 19.2. The summed E-state index contributed by atoms with van der Waals surface area (Å²) in [5.41, 5.74) is 0. The number of aryl methyl sites for hydroxylation is 1. The van der Waals surface area contributed by atoms with E-state index in [1.165, 1.54) is 32.1 Å². The van der Waals surface area contributed by atoms with Crippen LogP contribution in [0.25, 0.3) is 0 Å². The minimum Gasteiger partial charge on any atom is -0.339 e. The fourth-order valence-electron chi connectivity index (χ4n) is 1.94. The molecule has 1 heterocycles. The van der Waals surface area contributed by atoms with Crippen molar-refractivity contribution in [1.29, 1.82) is 0 Å². The highest BCUT2D eigenvalue weighted by Crippen LogP contribution is 2.30. The molecular formula is C10H16N2O. The average Bonchev–Trinajstić information content (AvgIpc) is 2.67. The molecule has 0 spiro atoms. The fourth-order valence-corrected chi connectivity index (χ4v) is 1.94. The van der Waals surface area contributed by atoms with Crippen molar-refractivity contribution in [2.45, 2.75) is 51.4 Å². The third kappa shape index (κ3) is 1.90. The predicted molar refractivity (Wildman–Crippen MR) is 49.5 cm³/mol. The van der Waals surface area contributed by atoms with Crippen LogP contribution in [0.1, 0.15) is 56.7 Å². The molecule has 1 aliphatic carbocycles. The highest BCUT2D eigenvalue weighted by molar-refractivity contribution is 4.96. The Labute approximate surface area is 78.5 Å². The van der Waals surface area contributed by atoms with Crippen molar-refractivity contribution >= 4 is 0 Å². The van der Waals surface area contributed by atoms with Gasteiger partial charge in [0.05, 0.1) is 0 Å². The first-order valence-corrected chi connectivity index (χ1v) is 5.22. The van der Waals surface area contributed by atoms with Crippen LogP contribution in [0.4, 0.5) is 0 Å². The van der Waals surface area contributed by atoms with Crippen LogP contribution in [-0.4, -0.2) is 10.1 Å². The summed E-state index contributed by atoms with van der Waals surface area (Å²) in [4.78, 5) is 4.37. The molecule has 0 aliphatic heterocycles. The van der Waals surface area contributed by atoms with Gasteiger partial charge in [0, 0.05) is 12.3 Å². The van der Waals surface area contributed by atoms with Crippen molar-refractivity contribution in [3.8, 4) is 0 Å². The molecule has 0 bridgehead atoms. The molecule has 0 aromatic carbocycles. The van der Waals surface area contributed by atoms with Gasteiger partial charge in [-0.05, 0) is 12.8 Å². The van der Waals surface area contributed by atoms with Gasteiger partial charge in [-0.2, -0.15) is 4.98 Å². The standard InChI is InChI=1S/C10H16N2O/c1-2-9-11-10(12-13-9)8-6-4-3-5-7-8/h8H,2-7H2,1H3. The highest BCUT2D eigenvalue weighted by atomic mass is 16.5. The van der Waals surface area contributed by atoms with E-state index in [2.05, 4.69) is 10.1 Å². The van der Waals surface area contributed by atoms with Crippen LogP contribution >= 0.6 is 0 Å². The maximum Gasteiger partial charge on any atom is 0.226 e. The van der Waals surface area contributed by atoms with Crippen LogP contribution < -0.4 is 0 Å². The molecule has 0 N–H and O–H groups in total. The second kappa shape index (κ2) is 3.90. The third-order valence-corrected chi connectivity index (χ3v) is 2.76. The molecule has 1 aliphatic rings. The highest BCUT2D eigenvalue weighted by Gasteiger charge is 2.20. The second-order valence-corrected chi connectivity index (χ2v) is 3.73. The Morgan fingerprint density at radius 2 is 2.08 bits per heavy atom. The van der Waals surface area contributed by atoms with Gasteiger partial charge in [-0.25, -0.2) is 0 Å². The van der Waals surface area contributed by atoms with Crippen molar-refractivity contribution < 1.29 is 4.52 Å². The number of hydrogen-bond donors (Lipinski definition) is 0. The molecule has 0 atom stereocenters. The number of rotatable bonds is 2. The molecular weight excluding hydrogens is 164 g/mol. The van der Waals surface area contributed by atoms with Crippen LogP contribution in [0.15, 0.2) is 4.52 Å². The zero-order chi connectivity index (χ0) is 9.10. The van der Waals surface area contributed by atoms with Crippen LogP contribution in [0.5, 0.6) is 0 Å². The Bertz CT molecular complexity index is 264. The summed E-state index contributed by atoms with van der Waals surface area (Å²) in [6.07, 6.45) is 7.33. The lowest BCUT2D eigenvalue weighted by molar-refractivity contribution is 0.360. The van der Waals surface area contributed by atoms with E-state index in [-0.39, 0.29) is 0 Å². The van der Waals surface area contributed by atoms with Crippen LogP contribution in [0.2, 0.25) is 0 Å². The molecule has 3 heteroatoms. The van der Waals surface area contributed by atoms with E-state index in [1.54, 1.807) is 0 Å². The topological polar surface area (TPSA) is 38.9 Å². The Morgan fingerprint density at radius 1 is 1.31 bits per heavy atom. The fraction of sp³-hybridized carbons (Fsp3) is 0.800. The van der Waals surface area contributed by atoms with E-state index in [9.17, 15) is 0 Å². The molecule has 0 unspecified atom stereocenters. The summed E-state index contributed by atoms with van der Waals surface area (Å²) in [7, 11) is 0. The number of aromatic nitrogens is 2. The van der Waals surface area contributed by atoms with Gasteiger partial charge >= 0.3 is 0 Å². The lowest BCUT2D eigenvalue weighted by Crippen LogP contribution is -2.06.